The van der Waals surface area contributed by atoms with Crippen LogP contribution in [0.15, 0.2) is 30.3 Å². The van der Waals surface area contributed by atoms with Gasteiger partial charge in [0.15, 0.2) is 11.5 Å². The van der Waals surface area contributed by atoms with Crippen molar-refractivity contribution in [1.29, 1.82) is 0 Å². The molecule has 0 aliphatic carbocycles. The molecule has 0 bridgehead atoms. The largest absolute Gasteiger partial charge is 0.490 e. The average Bonchev–Trinajstić information content (AvgIpc) is 2.61. The first-order chi connectivity index (χ1) is 12.5. The summed E-state index contributed by atoms with van der Waals surface area (Å²) < 4.78 is 11.7. The van der Waals surface area contributed by atoms with Crippen molar-refractivity contribution in [3.63, 3.8) is 0 Å². The molecule has 26 heavy (non-hydrogen) atoms. The third-order valence-electron chi connectivity index (χ3n) is 4.06. The second-order valence-corrected chi connectivity index (χ2v) is 7.24. The normalized spacial score (nSPS) is 12.1. The molecule has 2 aromatic rings. The molecule has 0 saturated heterocycles. The minimum Gasteiger partial charge on any atom is -0.490 e. The standard InChI is InChI=1S/C20H24Cl3NO2/c1-4-13(3)24-11-14-9-18(23)20(19(10-14)25-5-2)26-12-15-16(21)7-6-8-17(15)22/h6-10,13,24H,4-5,11-12H2,1-3H3/t13-/m1/s1. The van der Waals surface area contributed by atoms with E-state index in [0.717, 1.165) is 17.5 Å². The monoisotopic (exact) mass is 415 g/mol. The van der Waals surface area contributed by atoms with E-state index in [1.807, 2.05) is 19.1 Å². The lowest BCUT2D eigenvalue weighted by molar-refractivity contribution is 0.269. The van der Waals surface area contributed by atoms with Gasteiger partial charge in [0, 0.05) is 28.2 Å². The fraction of sp³-hybridized carbons (Fsp3) is 0.400. The lowest BCUT2D eigenvalue weighted by atomic mass is 10.1. The maximum absolute atomic E-state index is 6.47. The number of halogens is 3. The number of benzene rings is 2. The molecule has 1 N–H and O–H groups in total. The summed E-state index contributed by atoms with van der Waals surface area (Å²) in [6.07, 6.45) is 1.06. The summed E-state index contributed by atoms with van der Waals surface area (Å²) in [7, 11) is 0. The first kappa shape index (κ1) is 21.2. The molecular weight excluding hydrogens is 393 g/mol. The fourth-order valence-electron chi connectivity index (χ4n) is 2.38. The van der Waals surface area contributed by atoms with Gasteiger partial charge in [0.05, 0.1) is 11.6 Å². The number of nitrogens with one attached hydrogen (secondary N) is 1. The van der Waals surface area contributed by atoms with E-state index in [2.05, 4.69) is 19.2 Å². The van der Waals surface area contributed by atoms with Crippen LogP contribution in [-0.2, 0) is 13.2 Å². The van der Waals surface area contributed by atoms with Crippen LogP contribution in [-0.4, -0.2) is 12.6 Å². The minimum absolute atomic E-state index is 0.211. The summed E-state index contributed by atoms with van der Waals surface area (Å²) in [5, 5.41) is 5.06. The molecule has 0 aliphatic rings. The van der Waals surface area contributed by atoms with Gasteiger partial charge in [-0.15, -0.1) is 0 Å². The number of hydrogen-bond donors (Lipinski definition) is 1. The number of hydrogen-bond acceptors (Lipinski definition) is 3. The van der Waals surface area contributed by atoms with Crippen molar-refractivity contribution in [3.05, 3.63) is 56.5 Å². The van der Waals surface area contributed by atoms with Crippen LogP contribution >= 0.6 is 34.8 Å². The van der Waals surface area contributed by atoms with Crippen molar-refractivity contribution in [1.82, 2.24) is 5.32 Å². The zero-order chi connectivity index (χ0) is 19.1. The highest BCUT2D eigenvalue weighted by Crippen LogP contribution is 2.38. The molecule has 2 rings (SSSR count). The molecule has 0 fully saturated rings. The summed E-state index contributed by atoms with van der Waals surface area (Å²) in [6, 6.07) is 9.63. The van der Waals surface area contributed by atoms with Gasteiger partial charge in [-0.05, 0) is 50.1 Å². The van der Waals surface area contributed by atoms with Gasteiger partial charge < -0.3 is 14.8 Å². The fourth-order valence-corrected chi connectivity index (χ4v) is 3.17. The summed E-state index contributed by atoms with van der Waals surface area (Å²) in [5.41, 5.74) is 1.76. The number of ether oxygens (including phenoxy) is 2. The zero-order valence-corrected chi connectivity index (χ0v) is 17.5. The predicted octanol–water partition coefficient (Wildman–Crippen LogP) is 6.51. The first-order valence-electron chi connectivity index (χ1n) is 8.70. The second-order valence-electron chi connectivity index (χ2n) is 6.02. The van der Waals surface area contributed by atoms with E-state index < -0.39 is 0 Å². The van der Waals surface area contributed by atoms with Crippen molar-refractivity contribution >= 4 is 34.8 Å². The maximum Gasteiger partial charge on any atom is 0.180 e. The quantitative estimate of drug-likeness (QED) is 0.505. The molecule has 0 unspecified atom stereocenters. The van der Waals surface area contributed by atoms with E-state index >= 15 is 0 Å². The molecule has 142 valence electrons. The van der Waals surface area contributed by atoms with Gasteiger partial charge in [-0.1, -0.05) is 47.8 Å². The van der Waals surface area contributed by atoms with E-state index in [0.29, 0.717) is 45.8 Å². The highest BCUT2D eigenvalue weighted by atomic mass is 35.5. The van der Waals surface area contributed by atoms with Crippen LogP contribution in [0.5, 0.6) is 11.5 Å². The summed E-state index contributed by atoms with van der Waals surface area (Å²) >= 11 is 18.9. The molecule has 0 heterocycles. The molecule has 3 nitrogen and oxygen atoms in total. The topological polar surface area (TPSA) is 30.5 Å². The van der Waals surface area contributed by atoms with Crippen LogP contribution in [0.4, 0.5) is 0 Å². The summed E-state index contributed by atoms with van der Waals surface area (Å²) in [6.45, 7) is 7.66. The number of rotatable bonds is 9. The van der Waals surface area contributed by atoms with E-state index in [1.54, 1.807) is 18.2 Å². The first-order valence-corrected chi connectivity index (χ1v) is 9.83. The van der Waals surface area contributed by atoms with Crippen LogP contribution in [0.2, 0.25) is 15.1 Å². The molecular formula is C20H24Cl3NO2. The molecule has 6 heteroatoms. The molecule has 0 radical (unpaired) electrons. The van der Waals surface area contributed by atoms with Crippen LogP contribution in [0, 0.1) is 0 Å². The maximum atomic E-state index is 6.47. The molecule has 0 aliphatic heterocycles. The van der Waals surface area contributed by atoms with Crippen molar-refractivity contribution in [2.24, 2.45) is 0 Å². The van der Waals surface area contributed by atoms with Gasteiger partial charge >= 0.3 is 0 Å². The Kier molecular flexibility index (Phi) is 8.36. The minimum atomic E-state index is 0.211. The molecule has 1 atom stereocenters. The van der Waals surface area contributed by atoms with Crippen molar-refractivity contribution in [2.75, 3.05) is 6.61 Å². The second kappa shape index (κ2) is 10.3. The Balaban J connectivity index is 2.21. The van der Waals surface area contributed by atoms with Gasteiger partial charge in [0.25, 0.3) is 0 Å². The Bertz CT molecular complexity index is 717. The van der Waals surface area contributed by atoms with E-state index in [4.69, 9.17) is 44.3 Å². The molecule has 2 aromatic carbocycles. The third-order valence-corrected chi connectivity index (χ3v) is 5.05. The van der Waals surface area contributed by atoms with Crippen molar-refractivity contribution < 1.29 is 9.47 Å². The van der Waals surface area contributed by atoms with Crippen LogP contribution in [0.25, 0.3) is 0 Å². The van der Waals surface area contributed by atoms with Crippen molar-refractivity contribution in [3.8, 4) is 11.5 Å². The Morgan fingerprint density at radius 2 is 1.69 bits per heavy atom. The van der Waals surface area contributed by atoms with Gasteiger partial charge in [0.2, 0.25) is 0 Å². The van der Waals surface area contributed by atoms with Crippen LogP contribution < -0.4 is 14.8 Å². The SMILES string of the molecule is CCOc1cc(CN[C@H](C)CC)cc(Cl)c1OCc1c(Cl)cccc1Cl. The Labute approximate surface area is 170 Å². The predicted molar refractivity (Wildman–Crippen MR) is 110 cm³/mol. The summed E-state index contributed by atoms with van der Waals surface area (Å²) in [4.78, 5) is 0. The Hall–Kier alpha value is -1.13. The average molecular weight is 417 g/mol. The van der Waals surface area contributed by atoms with Crippen molar-refractivity contribution in [2.45, 2.75) is 46.4 Å². The lowest BCUT2D eigenvalue weighted by Crippen LogP contribution is -2.24. The van der Waals surface area contributed by atoms with Gasteiger partial charge in [-0.25, -0.2) is 0 Å². The van der Waals surface area contributed by atoms with E-state index in [1.165, 1.54) is 0 Å². The van der Waals surface area contributed by atoms with Gasteiger partial charge in [-0.3, -0.25) is 0 Å². The zero-order valence-electron chi connectivity index (χ0n) is 15.2. The van der Waals surface area contributed by atoms with Gasteiger partial charge in [-0.2, -0.15) is 0 Å². The molecule has 0 amide bonds. The molecule has 0 aromatic heterocycles. The van der Waals surface area contributed by atoms with Crippen LogP contribution in [0.1, 0.15) is 38.3 Å². The molecule has 0 spiro atoms. The third kappa shape index (κ3) is 5.68. The van der Waals surface area contributed by atoms with Crippen LogP contribution in [0.3, 0.4) is 0 Å². The Morgan fingerprint density at radius 3 is 2.31 bits per heavy atom. The van der Waals surface area contributed by atoms with E-state index in [9.17, 15) is 0 Å². The highest BCUT2D eigenvalue weighted by Gasteiger charge is 2.15. The molecule has 0 saturated carbocycles. The lowest BCUT2D eigenvalue weighted by Gasteiger charge is -2.17. The smallest absolute Gasteiger partial charge is 0.180 e. The van der Waals surface area contributed by atoms with E-state index in [-0.39, 0.29) is 6.61 Å². The highest BCUT2D eigenvalue weighted by molar-refractivity contribution is 6.36. The Morgan fingerprint density at radius 1 is 1.00 bits per heavy atom. The summed E-state index contributed by atoms with van der Waals surface area (Å²) in [5.74, 6) is 1.11. The van der Waals surface area contributed by atoms with Gasteiger partial charge in [0.1, 0.15) is 6.61 Å².